The van der Waals surface area contributed by atoms with E-state index in [0.29, 0.717) is 6.04 Å². The number of hydrogen-bond acceptors (Lipinski definition) is 3. The van der Waals surface area contributed by atoms with Crippen LogP contribution >= 0.6 is 0 Å². The highest BCUT2D eigenvalue weighted by Gasteiger charge is 2.27. The highest BCUT2D eigenvalue weighted by atomic mass is 16.5. The van der Waals surface area contributed by atoms with Gasteiger partial charge in [0.05, 0.1) is 17.8 Å². The molecule has 2 atom stereocenters. The molecule has 1 N–H and O–H groups in total. The molecule has 1 aromatic rings. The van der Waals surface area contributed by atoms with Crippen LogP contribution in [0.25, 0.3) is 0 Å². The molecule has 0 aromatic carbocycles. The first-order chi connectivity index (χ1) is 6.72. The van der Waals surface area contributed by atoms with Crippen LogP contribution in [0.3, 0.4) is 0 Å². The predicted molar refractivity (Wildman–Crippen MR) is 55.6 cm³/mol. The summed E-state index contributed by atoms with van der Waals surface area (Å²) in [6, 6.07) is 0.429. The number of ether oxygens (including phenoxy) is 1. The molecule has 0 aliphatic carbocycles. The van der Waals surface area contributed by atoms with Gasteiger partial charge in [0.2, 0.25) is 5.95 Å². The van der Waals surface area contributed by atoms with Crippen LogP contribution in [-0.2, 0) is 4.74 Å². The van der Waals surface area contributed by atoms with E-state index < -0.39 is 0 Å². The van der Waals surface area contributed by atoms with Crippen molar-refractivity contribution in [3.05, 3.63) is 11.9 Å². The Morgan fingerprint density at radius 3 is 3.00 bits per heavy atom. The maximum absolute atomic E-state index is 5.55. The Kier molecular flexibility index (Phi) is 2.46. The first-order valence-corrected chi connectivity index (χ1v) is 5.07. The minimum Gasteiger partial charge on any atom is -0.376 e. The zero-order valence-electron chi connectivity index (χ0n) is 8.95. The quantitative estimate of drug-likeness (QED) is 0.778. The number of aromatic nitrogens is 2. The molecular weight excluding hydrogens is 178 g/mol. The molecule has 1 aliphatic heterocycles. The number of imidazole rings is 1. The summed E-state index contributed by atoms with van der Waals surface area (Å²) in [5.41, 5.74) is 1.05. The molecule has 2 heterocycles. The minimum absolute atomic E-state index is 0.288. The maximum atomic E-state index is 5.55. The van der Waals surface area contributed by atoms with Gasteiger partial charge in [-0.25, -0.2) is 4.98 Å². The minimum atomic E-state index is 0.288. The standard InChI is InChI=1S/C10H17N3O/c1-7-6-13(10(11-3)12-7)9-4-5-14-8(9)2/h6,8-9H,4-5H2,1-3H3,(H,11,12). The van der Waals surface area contributed by atoms with E-state index in [2.05, 4.69) is 28.0 Å². The monoisotopic (exact) mass is 195 g/mol. The molecule has 0 bridgehead atoms. The molecule has 0 amide bonds. The Morgan fingerprint density at radius 2 is 2.43 bits per heavy atom. The van der Waals surface area contributed by atoms with Crippen LogP contribution in [0, 0.1) is 6.92 Å². The summed E-state index contributed by atoms with van der Waals surface area (Å²) in [6.07, 6.45) is 3.45. The van der Waals surface area contributed by atoms with Gasteiger partial charge in [-0.1, -0.05) is 0 Å². The Bertz CT molecular complexity index is 321. The smallest absolute Gasteiger partial charge is 0.203 e. The molecule has 0 saturated carbocycles. The number of rotatable bonds is 2. The summed E-state index contributed by atoms with van der Waals surface area (Å²) < 4.78 is 7.74. The highest BCUT2D eigenvalue weighted by Crippen LogP contribution is 2.28. The van der Waals surface area contributed by atoms with Crippen molar-refractivity contribution in [2.45, 2.75) is 32.4 Å². The summed E-state index contributed by atoms with van der Waals surface area (Å²) in [5.74, 6) is 0.935. The largest absolute Gasteiger partial charge is 0.376 e. The van der Waals surface area contributed by atoms with Gasteiger partial charge in [0.1, 0.15) is 0 Å². The van der Waals surface area contributed by atoms with Crippen molar-refractivity contribution in [3.63, 3.8) is 0 Å². The average molecular weight is 195 g/mol. The lowest BCUT2D eigenvalue weighted by Gasteiger charge is -2.17. The second-order valence-corrected chi connectivity index (χ2v) is 3.80. The molecule has 1 aromatic heterocycles. The molecule has 0 radical (unpaired) electrons. The van der Waals surface area contributed by atoms with Gasteiger partial charge in [0.25, 0.3) is 0 Å². The molecule has 14 heavy (non-hydrogen) atoms. The lowest BCUT2D eigenvalue weighted by atomic mass is 10.1. The third-order valence-corrected chi connectivity index (χ3v) is 2.77. The molecule has 4 nitrogen and oxygen atoms in total. The zero-order valence-corrected chi connectivity index (χ0v) is 8.95. The number of hydrogen-bond donors (Lipinski definition) is 1. The van der Waals surface area contributed by atoms with Gasteiger partial charge in [-0.2, -0.15) is 0 Å². The van der Waals surface area contributed by atoms with Gasteiger partial charge in [0, 0.05) is 19.9 Å². The van der Waals surface area contributed by atoms with E-state index in [0.717, 1.165) is 24.7 Å². The molecule has 0 spiro atoms. The summed E-state index contributed by atoms with van der Waals surface area (Å²) in [7, 11) is 1.90. The third kappa shape index (κ3) is 1.50. The Morgan fingerprint density at radius 1 is 1.64 bits per heavy atom. The van der Waals surface area contributed by atoms with Crippen molar-refractivity contribution in [1.29, 1.82) is 0 Å². The third-order valence-electron chi connectivity index (χ3n) is 2.77. The summed E-state index contributed by atoms with van der Waals surface area (Å²) in [5, 5.41) is 3.11. The molecule has 1 saturated heterocycles. The SMILES string of the molecule is CNc1nc(C)cn1C1CCOC1C. The van der Waals surface area contributed by atoms with E-state index in [1.165, 1.54) is 0 Å². The van der Waals surface area contributed by atoms with Gasteiger partial charge >= 0.3 is 0 Å². The van der Waals surface area contributed by atoms with E-state index in [9.17, 15) is 0 Å². The van der Waals surface area contributed by atoms with E-state index in [1.54, 1.807) is 0 Å². The average Bonchev–Trinajstić information content (AvgIpc) is 2.71. The number of nitrogens with one attached hydrogen (secondary N) is 1. The van der Waals surface area contributed by atoms with Crippen LogP contribution in [0.4, 0.5) is 5.95 Å². The summed E-state index contributed by atoms with van der Waals surface area (Å²) >= 11 is 0. The van der Waals surface area contributed by atoms with Crippen LogP contribution in [0.5, 0.6) is 0 Å². The molecule has 78 valence electrons. The van der Waals surface area contributed by atoms with Crippen molar-refractivity contribution >= 4 is 5.95 Å². The van der Waals surface area contributed by atoms with Crippen LogP contribution in [0.15, 0.2) is 6.20 Å². The van der Waals surface area contributed by atoms with Gasteiger partial charge in [-0.3, -0.25) is 0 Å². The molecular formula is C10H17N3O. The molecule has 1 aliphatic rings. The lowest BCUT2D eigenvalue weighted by molar-refractivity contribution is 0.108. The maximum Gasteiger partial charge on any atom is 0.203 e. The predicted octanol–water partition coefficient (Wildman–Crippen LogP) is 1.58. The fourth-order valence-corrected chi connectivity index (χ4v) is 2.04. The van der Waals surface area contributed by atoms with Gasteiger partial charge in [0.15, 0.2) is 0 Å². The number of nitrogens with zero attached hydrogens (tertiary/aromatic N) is 2. The summed E-state index contributed by atoms with van der Waals surface area (Å²) in [4.78, 5) is 4.40. The highest BCUT2D eigenvalue weighted by molar-refractivity contribution is 5.28. The fraction of sp³-hybridized carbons (Fsp3) is 0.700. The van der Waals surface area contributed by atoms with Crippen LogP contribution in [0.1, 0.15) is 25.1 Å². The lowest BCUT2D eigenvalue weighted by Crippen LogP contribution is -2.17. The number of aryl methyl sites for hydroxylation is 1. The van der Waals surface area contributed by atoms with E-state index in [1.807, 2.05) is 14.0 Å². The zero-order chi connectivity index (χ0) is 10.1. The van der Waals surface area contributed by atoms with Crippen LogP contribution < -0.4 is 5.32 Å². The van der Waals surface area contributed by atoms with E-state index in [-0.39, 0.29) is 6.10 Å². The second-order valence-electron chi connectivity index (χ2n) is 3.80. The topological polar surface area (TPSA) is 39.1 Å². The summed E-state index contributed by atoms with van der Waals surface area (Å²) in [6.45, 7) is 4.98. The van der Waals surface area contributed by atoms with Crippen molar-refractivity contribution in [2.75, 3.05) is 19.0 Å². The van der Waals surface area contributed by atoms with Crippen LogP contribution in [-0.4, -0.2) is 29.3 Å². The van der Waals surface area contributed by atoms with Crippen molar-refractivity contribution < 1.29 is 4.74 Å². The normalized spacial score (nSPS) is 26.8. The Balaban J connectivity index is 2.29. The second kappa shape index (κ2) is 3.61. The first-order valence-electron chi connectivity index (χ1n) is 5.07. The fourth-order valence-electron chi connectivity index (χ4n) is 2.04. The van der Waals surface area contributed by atoms with Gasteiger partial charge in [-0.15, -0.1) is 0 Å². The van der Waals surface area contributed by atoms with Crippen LogP contribution in [0.2, 0.25) is 0 Å². The Labute approximate surface area is 84.3 Å². The Hall–Kier alpha value is -1.03. The van der Waals surface area contributed by atoms with Crippen molar-refractivity contribution in [3.8, 4) is 0 Å². The molecule has 2 rings (SSSR count). The van der Waals surface area contributed by atoms with Gasteiger partial charge < -0.3 is 14.6 Å². The van der Waals surface area contributed by atoms with E-state index >= 15 is 0 Å². The number of anilines is 1. The van der Waals surface area contributed by atoms with E-state index in [4.69, 9.17) is 4.74 Å². The molecule has 1 fully saturated rings. The molecule has 4 heteroatoms. The van der Waals surface area contributed by atoms with Gasteiger partial charge in [-0.05, 0) is 20.3 Å². The molecule has 2 unspecified atom stereocenters. The van der Waals surface area contributed by atoms with Crippen molar-refractivity contribution in [1.82, 2.24) is 9.55 Å². The first kappa shape index (κ1) is 9.52. The van der Waals surface area contributed by atoms with Crippen molar-refractivity contribution in [2.24, 2.45) is 0 Å².